The fourth-order valence-electron chi connectivity index (χ4n) is 4.79. The molecule has 0 aliphatic carbocycles. The molecule has 32 heavy (non-hydrogen) atoms. The predicted octanol–water partition coefficient (Wildman–Crippen LogP) is 1.69. The molecule has 0 spiro atoms. The highest BCUT2D eigenvalue weighted by atomic mass is 32.1. The predicted molar refractivity (Wildman–Crippen MR) is 119 cm³/mol. The summed E-state index contributed by atoms with van der Waals surface area (Å²) in [6, 6.07) is 6.91. The second kappa shape index (κ2) is 7.16. The van der Waals surface area contributed by atoms with Crippen molar-refractivity contribution >= 4 is 23.4 Å². The molecular formula is C23H24N4O4S. The summed E-state index contributed by atoms with van der Waals surface area (Å²) < 4.78 is 15.4. The maximum Gasteiger partial charge on any atom is 0.317 e. The van der Waals surface area contributed by atoms with Gasteiger partial charge < -0.3 is 9.47 Å². The Labute approximate surface area is 188 Å². The highest BCUT2D eigenvalue weighted by Gasteiger charge is 2.55. The molecule has 1 aromatic carbocycles. The molecule has 0 radical (unpaired) electrons. The number of esters is 1. The zero-order chi connectivity index (χ0) is 22.8. The average Bonchev–Trinajstić information content (AvgIpc) is 3.21. The van der Waals surface area contributed by atoms with Crippen LogP contribution in [0, 0.1) is 19.8 Å². The highest BCUT2D eigenvalue weighted by molar-refractivity contribution is 7.07. The third kappa shape index (κ3) is 2.80. The van der Waals surface area contributed by atoms with E-state index in [0.717, 1.165) is 29.1 Å². The van der Waals surface area contributed by atoms with Gasteiger partial charge in [0.2, 0.25) is 5.72 Å². The Balaban J connectivity index is 1.80. The normalized spacial score (nSPS) is 23.7. The van der Waals surface area contributed by atoms with E-state index in [0.29, 0.717) is 15.1 Å². The number of ether oxygens (including phenoxy) is 2. The number of fused-ring (bicyclic) bond motifs is 6. The molecule has 0 saturated heterocycles. The summed E-state index contributed by atoms with van der Waals surface area (Å²) in [7, 11) is 1.34. The first-order chi connectivity index (χ1) is 15.3. The van der Waals surface area contributed by atoms with Gasteiger partial charge in [0, 0.05) is 23.4 Å². The summed E-state index contributed by atoms with van der Waals surface area (Å²) in [5.74, 6) is -0.614. The van der Waals surface area contributed by atoms with Crippen LogP contribution in [0.3, 0.4) is 0 Å². The van der Waals surface area contributed by atoms with Gasteiger partial charge in [-0.1, -0.05) is 29.5 Å². The molecule has 0 unspecified atom stereocenters. The molecule has 3 atom stereocenters. The van der Waals surface area contributed by atoms with Crippen molar-refractivity contribution in [1.29, 1.82) is 0 Å². The maximum atomic E-state index is 13.6. The van der Waals surface area contributed by atoms with Crippen molar-refractivity contribution in [3.63, 3.8) is 0 Å². The number of carbonyl (C=O) groups is 1. The number of carbonyl (C=O) groups excluding carboxylic acids is 1. The molecule has 166 valence electrons. The fraction of sp³-hybridized carbons (Fsp3) is 0.391. The molecule has 2 bridgehead atoms. The van der Waals surface area contributed by atoms with Gasteiger partial charge in [-0.15, -0.1) is 0 Å². The first-order valence-corrected chi connectivity index (χ1v) is 11.3. The number of benzene rings is 1. The van der Waals surface area contributed by atoms with Crippen LogP contribution in [-0.2, 0) is 16.1 Å². The zero-order valence-corrected chi connectivity index (χ0v) is 19.4. The molecule has 9 heteroatoms. The standard InChI is InChI=1S/C23H24N4O4S/c1-6-26-13(3)15(12(2)25-26)11-17-20(28)27-19-14-9-7-8-10-16(14)31-23(4,24-22(27)32-17)18(19)21(29)30-5/h7-11,18-19H,6H2,1-5H3/b17-11+/t18-,19-,23+/m0/s1. The van der Waals surface area contributed by atoms with Crippen LogP contribution in [0.25, 0.3) is 6.08 Å². The van der Waals surface area contributed by atoms with Crippen molar-refractivity contribution in [2.75, 3.05) is 7.11 Å². The van der Waals surface area contributed by atoms with E-state index in [2.05, 4.69) is 5.10 Å². The topological polar surface area (TPSA) is 87.7 Å². The number of para-hydroxylation sites is 1. The first kappa shape index (κ1) is 20.7. The van der Waals surface area contributed by atoms with Gasteiger partial charge in [0.15, 0.2) is 4.80 Å². The Morgan fingerprint density at radius 2 is 2.09 bits per heavy atom. The van der Waals surface area contributed by atoms with Crippen molar-refractivity contribution in [2.24, 2.45) is 10.9 Å². The molecular weight excluding hydrogens is 428 g/mol. The van der Waals surface area contributed by atoms with Gasteiger partial charge >= 0.3 is 5.97 Å². The largest absolute Gasteiger partial charge is 0.469 e. The van der Waals surface area contributed by atoms with E-state index < -0.39 is 23.7 Å². The second-order valence-electron chi connectivity index (χ2n) is 8.22. The summed E-state index contributed by atoms with van der Waals surface area (Å²) in [5.41, 5.74) is 2.22. The van der Waals surface area contributed by atoms with Crippen LogP contribution in [0.5, 0.6) is 5.75 Å². The number of methoxy groups -OCH3 is 1. The Morgan fingerprint density at radius 1 is 1.34 bits per heavy atom. The molecule has 2 aliphatic heterocycles. The summed E-state index contributed by atoms with van der Waals surface area (Å²) in [6.07, 6.45) is 1.88. The van der Waals surface area contributed by atoms with Crippen LogP contribution in [0.1, 0.15) is 42.4 Å². The summed E-state index contributed by atoms with van der Waals surface area (Å²) in [5, 5.41) is 4.55. The van der Waals surface area contributed by atoms with Crippen LogP contribution in [0.4, 0.5) is 0 Å². The van der Waals surface area contributed by atoms with Crippen molar-refractivity contribution < 1.29 is 14.3 Å². The van der Waals surface area contributed by atoms with Crippen molar-refractivity contribution in [2.45, 2.75) is 46.0 Å². The molecule has 0 fully saturated rings. The van der Waals surface area contributed by atoms with Gasteiger partial charge in [-0.2, -0.15) is 5.10 Å². The molecule has 0 saturated carbocycles. The van der Waals surface area contributed by atoms with E-state index in [1.807, 2.05) is 55.8 Å². The molecule has 5 rings (SSSR count). The van der Waals surface area contributed by atoms with E-state index in [1.165, 1.54) is 18.4 Å². The summed E-state index contributed by atoms with van der Waals surface area (Å²) in [4.78, 5) is 31.8. The second-order valence-corrected chi connectivity index (χ2v) is 9.23. The monoisotopic (exact) mass is 452 g/mol. The van der Waals surface area contributed by atoms with E-state index in [9.17, 15) is 9.59 Å². The van der Waals surface area contributed by atoms with Crippen LogP contribution in [0.2, 0.25) is 0 Å². The molecule has 8 nitrogen and oxygen atoms in total. The molecule has 3 aromatic rings. The molecule has 0 amide bonds. The minimum atomic E-state index is -1.17. The van der Waals surface area contributed by atoms with Crippen molar-refractivity contribution in [3.05, 3.63) is 66.5 Å². The van der Waals surface area contributed by atoms with Crippen LogP contribution in [-0.4, -0.2) is 33.2 Å². The van der Waals surface area contributed by atoms with Gasteiger partial charge in [-0.05, 0) is 39.8 Å². The molecule has 2 aliphatic rings. The minimum absolute atomic E-state index is 0.186. The number of aromatic nitrogens is 3. The van der Waals surface area contributed by atoms with Gasteiger partial charge in [-0.3, -0.25) is 18.8 Å². The first-order valence-electron chi connectivity index (χ1n) is 10.5. The number of thiazole rings is 1. The Hall–Kier alpha value is -3.20. The summed E-state index contributed by atoms with van der Waals surface area (Å²) in [6.45, 7) is 8.49. The van der Waals surface area contributed by atoms with E-state index in [1.54, 1.807) is 11.5 Å². The van der Waals surface area contributed by atoms with E-state index >= 15 is 0 Å². The smallest absolute Gasteiger partial charge is 0.317 e. The molecule has 0 N–H and O–H groups in total. The van der Waals surface area contributed by atoms with Gasteiger partial charge in [0.05, 0.1) is 23.4 Å². The van der Waals surface area contributed by atoms with Crippen LogP contribution in [0.15, 0.2) is 34.1 Å². The van der Waals surface area contributed by atoms with E-state index in [-0.39, 0.29) is 5.56 Å². The maximum absolute atomic E-state index is 13.6. The summed E-state index contributed by atoms with van der Waals surface area (Å²) >= 11 is 1.30. The number of hydrogen-bond acceptors (Lipinski definition) is 7. The lowest BCUT2D eigenvalue weighted by atomic mass is 9.81. The number of hydrogen-bond donors (Lipinski definition) is 0. The zero-order valence-electron chi connectivity index (χ0n) is 18.6. The number of rotatable bonds is 3. The Morgan fingerprint density at radius 3 is 2.78 bits per heavy atom. The SMILES string of the molecule is CCn1nc(C)c(/C=c2/sc3n(c2=O)[C@H]2c4ccccc4O[C@@](C)(N=3)[C@@H]2C(=O)OC)c1C. The highest BCUT2D eigenvalue weighted by Crippen LogP contribution is 2.47. The van der Waals surface area contributed by atoms with Crippen LogP contribution >= 0.6 is 11.3 Å². The lowest BCUT2D eigenvalue weighted by Crippen LogP contribution is -2.58. The average molecular weight is 453 g/mol. The fourth-order valence-corrected chi connectivity index (χ4v) is 5.87. The quantitative estimate of drug-likeness (QED) is 0.565. The van der Waals surface area contributed by atoms with E-state index in [4.69, 9.17) is 14.5 Å². The van der Waals surface area contributed by atoms with Gasteiger partial charge in [0.1, 0.15) is 11.7 Å². The molecule has 2 aromatic heterocycles. The van der Waals surface area contributed by atoms with Crippen molar-refractivity contribution in [1.82, 2.24) is 14.3 Å². The Bertz CT molecular complexity index is 1430. The third-order valence-electron chi connectivity index (χ3n) is 6.35. The Kier molecular flexibility index (Phi) is 4.63. The third-order valence-corrected chi connectivity index (χ3v) is 7.33. The minimum Gasteiger partial charge on any atom is -0.469 e. The van der Waals surface area contributed by atoms with Gasteiger partial charge in [0.25, 0.3) is 5.56 Å². The van der Waals surface area contributed by atoms with Gasteiger partial charge in [-0.25, -0.2) is 4.99 Å². The number of aryl methyl sites for hydroxylation is 2. The number of nitrogens with zero attached hydrogens (tertiary/aromatic N) is 4. The van der Waals surface area contributed by atoms with Crippen molar-refractivity contribution in [3.8, 4) is 5.75 Å². The lowest BCUT2D eigenvalue weighted by molar-refractivity contribution is -0.158. The van der Waals surface area contributed by atoms with Crippen LogP contribution < -0.4 is 19.6 Å². The molecule has 4 heterocycles. The lowest BCUT2D eigenvalue weighted by Gasteiger charge is -2.44.